The average Bonchev–Trinajstić information content (AvgIpc) is 3.11. The van der Waals surface area contributed by atoms with Crippen LogP contribution in [-0.4, -0.2) is 33.5 Å². The molecule has 1 amide bonds. The fourth-order valence-electron chi connectivity index (χ4n) is 4.46. The Kier molecular flexibility index (Phi) is 7.31. The first-order valence-corrected chi connectivity index (χ1v) is 12.2. The molecule has 1 atom stereocenters. The number of aryl methyl sites for hydroxylation is 1. The van der Waals surface area contributed by atoms with Crippen LogP contribution in [-0.2, 0) is 6.42 Å². The van der Waals surface area contributed by atoms with Crippen LogP contribution in [0.3, 0.4) is 0 Å². The monoisotopic (exact) mass is 495 g/mol. The molecule has 1 aliphatic rings. The first-order chi connectivity index (χ1) is 16.9. The molecule has 0 saturated heterocycles. The fourth-order valence-corrected chi connectivity index (χ4v) is 4.92. The van der Waals surface area contributed by atoms with Gasteiger partial charge in [0.15, 0.2) is 16.9 Å². The van der Waals surface area contributed by atoms with Crippen molar-refractivity contribution in [2.45, 2.75) is 23.8 Å². The number of rotatable bonds is 6. The van der Waals surface area contributed by atoms with Gasteiger partial charge in [0.05, 0.1) is 32.3 Å². The summed E-state index contributed by atoms with van der Waals surface area (Å²) in [5, 5.41) is 3.05. The van der Waals surface area contributed by atoms with Crippen molar-refractivity contribution in [2.24, 2.45) is 0 Å². The number of halogens is 1. The van der Waals surface area contributed by atoms with E-state index in [0.29, 0.717) is 46.1 Å². The van der Waals surface area contributed by atoms with E-state index in [2.05, 4.69) is 5.32 Å². The highest BCUT2D eigenvalue weighted by molar-refractivity contribution is 7.98. The van der Waals surface area contributed by atoms with Crippen LogP contribution in [0.1, 0.15) is 33.9 Å². The van der Waals surface area contributed by atoms with E-state index < -0.39 is 11.9 Å². The van der Waals surface area contributed by atoms with E-state index in [1.807, 2.05) is 18.4 Å². The van der Waals surface area contributed by atoms with E-state index in [0.717, 1.165) is 16.7 Å². The Bertz CT molecular complexity index is 1330. The molecule has 0 bridgehead atoms. The summed E-state index contributed by atoms with van der Waals surface area (Å²) in [6.45, 7) is 0. The number of hydrogen-bond acceptors (Lipinski definition) is 6. The highest BCUT2D eigenvalue weighted by Gasteiger charge is 2.30. The summed E-state index contributed by atoms with van der Waals surface area (Å²) < 4.78 is 30.3. The molecule has 0 unspecified atom stereocenters. The number of carbonyl (C=O) groups is 1. The molecule has 35 heavy (non-hydrogen) atoms. The van der Waals surface area contributed by atoms with Crippen LogP contribution in [0.15, 0.2) is 58.2 Å². The quantitative estimate of drug-likeness (QED) is 0.484. The minimum Gasteiger partial charge on any atom is -0.493 e. The lowest BCUT2D eigenvalue weighted by Crippen LogP contribution is -2.29. The van der Waals surface area contributed by atoms with Crippen LogP contribution in [0.5, 0.6) is 17.2 Å². The molecular formula is C27H26FNO5S. The number of thioether (sulfide) groups is 1. The number of amides is 1. The number of carbonyl (C=O) groups excluding carboxylic acids is 1. The Morgan fingerprint density at radius 2 is 1.71 bits per heavy atom. The Labute approximate surface area is 207 Å². The summed E-state index contributed by atoms with van der Waals surface area (Å²) in [6, 6.07) is 12.1. The average molecular weight is 496 g/mol. The van der Waals surface area contributed by atoms with Crippen molar-refractivity contribution in [3.05, 3.63) is 81.3 Å². The van der Waals surface area contributed by atoms with Crippen molar-refractivity contribution in [1.82, 2.24) is 5.32 Å². The summed E-state index contributed by atoms with van der Waals surface area (Å²) in [5.41, 5.74) is 3.38. The topological polar surface area (TPSA) is 73.9 Å². The second-order valence-corrected chi connectivity index (χ2v) is 8.88. The summed E-state index contributed by atoms with van der Waals surface area (Å²) in [6.07, 6.45) is 2.96. The van der Waals surface area contributed by atoms with Gasteiger partial charge in [0.2, 0.25) is 5.75 Å². The van der Waals surface area contributed by atoms with Crippen molar-refractivity contribution in [1.29, 1.82) is 0 Å². The van der Waals surface area contributed by atoms with Gasteiger partial charge in [-0.1, -0.05) is 6.07 Å². The number of ether oxygens (including phenoxy) is 3. The van der Waals surface area contributed by atoms with Gasteiger partial charge in [-0.05, 0) is 78.3 Å². The Morgan fingerprint density at radius 1 is 1.00 bits per heavy atom. The Balaban J connectivity index is 1.93. The third-order valence-electron chi connectivity index (χ3n) is 6.13. The Hall–Kier alpha value is -3.52. The maximum atomic E-state index is 13.4. The highest BCUT2D eigenvalue weighted by Crippen LogP contribution is 2.50. The summed E-state index contributed by atoms with van der Waals surface area (Å²) >= 11 is 1.36. The van der Waals surface area contributed by atoms with Crippen LogP contribution in [0.4, 0.5) is 4.39 Å². The molecule has 4 rings (SSSR count). The number of benzene rings is 2. The number of methoxy groups -OCH3 is 3. The van der Waals surface area contributed by atoms with Gasteiger partial charge in [-0.2, -0.15) is 0 Å². The van der Waals surface area contributed by atoms with E-state index >= 15 is 0 Å². The second-order valence-electron chi connectivity index (χ2n) is 8.03. The zero-order valence-electron chi connectivity index (χ0n) is 19.9. The van der Waals surface area contributed by atoms with Crippen molar-refractivity contribution < 1.29 is 23.4 Å². The molecule has 0 fully saturated rings. The number of hydrogen-bond donors (Lipinski definition) is 1. The summed E-state index contributed by atoms with van der Waals surface area (Å²) in [4.78, 5) is 26.6. The molecule has 1 aliphatic carbocycles. The van der Waals surface area contributed by atoms with Gasteiger partial charge in [-0.15, -0.1) is 11.8 Å². The third kappa shape index (κ3) is 4.71. The minimum atomic E-state index is -0.466. The van der Waals surface area contributed by atoms with E-state index in [-0.39, 0.29) is 11.3 Å². The lowest BCUT2D eigenvalue weighted by atomic mass is 9.95. The van der Waals surface area contributed by atoms with E-state index in [4.69, 9.17) is 14.2 Å². The molecule has 0 aromatic heterocycles. The van der Waals surface area contributed by atoms with Gasteiger partial charge < -0.3 is 19.5 Å². The maximum absolute atomic E-state index is 13.4. The van der Waals surface area contributed by atoms with Crippen LogP contribution in [0, 0.1) is 5.82 Å². The van der Waals surface area contributed by atoms with Gasteiger partial charge in [0.25, 0.3) is 5.91 Å². The molecule has 182 valence electrons. The zero-order valence-corrected chi connectivity index (χ0v) is 20.8. The van der Waals surface area contributed by atoms with Crippen molar-refractivity contribution in [3.8, 4) is 28.4 Å². The van der Waals surface area contributed by atoms with Gasteiger partial charge >= 0.3 is 0 Å². The molecule has 0 heterocycles. The molecule has 3 aromatic rings. The van der Waals surface area contributed by atoms with Gasteiger partial charge in [-0.25, -0.2) is 4.39 Å². The predicted molar refractivity (Wildman–Crippen MR) is 135 cm³/mol. The maximum Gasteiger partial charge on any atom is 0.251 e. The van der Waals surface area contributed by atoms with Crippen LogP contribution >= 0.6 is 11.8 Å². The molecule has 0 radical (unpaired) electrons. The number of fused-ring (bicyclic) bond motifs is 3. The van der Waals surface area contributed by atoms with Gasteiger partial charge in [0.1, 0.15) is 5.82 Å². The molecular weight excluding hydrogens is 469 g/mol. The smallest absolute Gasteiger partial charge is 0.251 e. The molecule has 6 nitrogen and oxygen atoms in total. The lowest BCUT2D eigenvalue weighted by molar-refractivity contribution is 0.0935. The Morgan fingerprint density at radius 3 is 2.34 bits per heavy atom. The normalized spacial score (nSPS) is 14.3. The van der Waals surface area contributed by atoms with Crippen molar-refractivity contribution in [3.63, 3.8) is 0 Å². The zero-order chi connectivity index (χ0) is 25.1. The first kappa shape index (κ1) is 24.6. The van der Waals surface area contributed by atoms with Gasteiger partial charge in [0, 0.05) is 11.1 Å². The second kappa shape index (κ2) is 10.4. The first-order valence-electron chi connectivity index (χ1n) is 11.0. The van der Waals surface area contributed by atoms with E-state index in [1.54, 1.807) is 33.5 Å². The SMILES string of the molecule is COc1cc2c(c(OC)c1OC)-c1ccc(SC)c(=O)cc1[C@@H](NC(=O)c1ccc(F)cc1)CC2. The van der Waals surface area contributed by atoms with Crippen molar-refractivity contribution >= 4 is 17.7 Å². The van der Waals surface area contributed by atoms with Crippen LogP contribution in [0.25, 0.3) is 11.1 Å². The molecule has 0 saturated carbocycles. The molecule has 8 heteroatoms. The molecule has 1 N–H and O–H groups in total. The third-order valence-corrected chi connectivity index (χ3v) is 6.91. The summed E-state index contributed by atoms with van der Waals surface area (Å²) in [7, 11) is 4.67. The highest BCUT2D eigenvalue weighted by atomic mass is 32.2. The van der Waals surface area contributed by atoms with E-state index in [9.17, 15) is 14.0 Å². The van der Waals surface area contributed by atoms with Crippen LogP contribution in [0.2, 0.25) is 0 Å². The van der Waals surface area contributed by atoms with Crippen molar-refractivity contribution in [2.75, 3.05) is 27.6 Å². The molecule has 0 spiro atoms. The fraction of sp³-hybridized carbons (Fsp3) is 0.259. The molecule has 0 aliphatic heterocycles. The minimum absolute atomic E-state index is 0.136. The predicted octanol–water partition coefficient (Wildman–Crippen LogP) is 5.02. The largest absolute Gasteiger partial charge is 0.493 e. The van der Waals surface area contributed by atoms with Gasteiger partial charge in [-0.3, -0.25) is 9.59 Å². The summed E-state index contributed by atoms with van der Waals surface area (Å²) in [5.74, 6) is 0.718. The lowest BCUT2D eigenvalue weighted by Gasteiger charge is -2.20. The van der Waals surface area contributed by atoms with E-state index in [1.165, 1.54) is 36.0 Å². The number of nitrogens with one attached hydrogen (secondary N) is 1. The van der Waals surface area contributed by atoms with Crippen LogP contribution < -0.4 is 25.0 Å². The standard InChI is InChI=1S/C27H26FNO5S/c1-32-22-13-16-7-11-20(29-27(31)15-5-8-17(28)9-6-15)19-14-21(30)23(35-4)12-10-18(19)24(16)26(34-3)25(22)33-2/h5-6,8-10,12-14,20H,7,11H2,1-4H3,(H,29,31)/t20-/m0/s1. The molecule has 3 aromatic carbocycles.